The van der Waals surface area contributed by atoms with E-state index in [1.807, 2.05) is 36.9 Å². The molecule has 1 aromatic heterocycles. The number of hydrogen-bond acceptors (Lipinski definition) is 4. The highest BCUT2D eigenvalue weighted by atomic mass is 32.2. The maximum absolute atomic E-state index is 13.3. The van der Waals surface area contributed by atoms with Crippen LogP contribution in [0.5, 0.6) is 0 Å². The summed E-state index contributed by atoms with van der Waals surface area (Å²) in [6.45, 7) is 5.37. The number of aryl methyl sites for hydroxylation is 1. The van der Waals surface area contributed by atoms with Gasteiger partial charge in [0.1, 0.15) is 12.3 Å². The first-order chi connectivity index (χ1) is 16.3. The van der Waals surface area contributed by atoms with Gasteiger partial charge in [-0.3, -0.25) is 9.59 Å². The van der Waals surface area contributed by atoms with Crippen molar-refractivity contribution in [1.29, 1.82) is 0 Å². The van der Waals surface area contributed by atoms with Gasteiger partial charge >= 0.3 is 0 Å². The largest absolute Gasteiger partial charge is 0.341 e. The number of hydrogen-bond donors (Lipinski definition) is 1. The van der Waals surface area contributed by atoms with Gasteiger partial charge in [-0.15, -0.1) is 0 Å². The fourth-order valence-electron chi connectivity index (χ4n) is 4.48. The molecule has 2 heterocycles. The molecule has 1 saturated heterocycles. The number of carbonyl (C=O) groups is 2. The zero-order chi connectivity index (χ0) is 24.3. The van der Waals surface area contributed by atoms with Crippen LogP contribution in [0.15, 0.2) is 53.6 Å². The lowest BCUT2D eigenvalue weighted by atomic mass is 10.1. The lowest BCUT2D eigenvalue weighted by Gasteiger charge is -2.20. The van der Waals surface area contributed by atoms with Gasteiger partial charge < -0.3 is 14.8 Å². The van der Waals surface area contributed by atoms with Crippen molar-refractivity contribution in [3.05, 3.63) is 59.8 Å². The first-order valence-electron chi connectivity index (χ1n) is 11.7. The molecule has 0 saturated carbocycles. The lowest BCUT2D eigenvalue weighted by molar-refractivity contribution is -0.131. The first kappa shape index (κ1) is 24.0. The Morgan fingerprint density at radius 3 is 2.38 bits per heavy atom. The number of anilines is 1. The van der Waals surface area contributed by atoms with Crippen LogP contribution in [0.2, 0.25) is 0 Å². The van der Waals surface area contributed by atoms with Crippen LogP contribution < -0.4 is 5.32 Å². The minimum absolute atomic E-state index is 0.0146. The number of nitrogens with one attached hydrogen (secondary N) is 1. The molecule has 1 aliphatic rings. The third-order valence-electron chi connectivity index (χ3n) is 6.55. The van der Waals surface area contributed by atoms with Crippen molar-refractivity contribution in [2.75, 3.05) is 24.2 Å². The summed E-state index contributed by atoms with van der Waals surface area (Å²) in [7, 11) is -3.93. The van der Waals surface area contributed by atoms with Crippen molar-refractivity contribution in [2.45, 2.75) is 51.0 Å². The average Bonchev–Trinajstić information content (AvgIpc) is 2.96. The van der Waals surface area contributed by atoms with Gasteiger partial charge in [-0.25, -0.2) is 8.42 Å². The molecule has 0 aliphatic carbocycles. The van der Waals surface area contributed by atoms with Gasteiger partial charge in [0.25, 0.3) is 0 Å². The van der Waals surface area contributed by atoms with Gasteiger partial charge in [-0.2, -0.15) is 0 Å². The van der Waals surface area contributed by atoms with E-state index in [0.29, 0.717) is 16.6 Å². The minimum Gasteiger partial charge on any atom is -0.341 e. The number of rotatable bonds is 6. The summed E-state index contributed by atoms with van der Waals surface area (Å²) in [4.78, 5) is 27.6. The zero-order valence-corrected chi connectivity index (χ0v) is 20.5. The molecule has 3 aromatic rings. The summed E-state index contributed by atoms with van der Waals surface area (Å²) in [6.07, 6.45) is 5.74. The van der Waals surface area contributed by atoms with E-state index in [-0.39, 0.29) is 17.3 Å². The van der Waals surface area contributed by atoms with E-state index in [1.54, 1.807) is 28.8 Å². The topological polar surface area (TPSA) is 88.5 Å². The molecule has 2 amide bonds. The summed E-state index contributed by atoms with van der Waals surface area (Å²) in [6, 6.07) is 12.6. The van der Waals surface area contributed by atoms with Crippen molar-refractivity contribution in [1.82, 2.24) is 9.47 Å². The number of para-hydroxylation sites is 1. The van der Waals surface area contributed by atoms with Crippen LogP contribution in [-0.2, 0) is 26.0 Å². The van der Waals surface area contributed by atoms with E-state index in [1.165, 1.54) is 6.20 Å². The highest BCUT2D eigenvalue weighted by Gasteiger charge is 2.26. The third kappa shape index (κ3) is 5.17. The van der Waals surface area contributed by atoms with E-state index in [2.05, 4.69) is 5.32 Å². The normalized spacial score (nSPS) is 14.7. The Labute approximate surface area is 200 Å². The van der Waals surface area contributed by atoms with Crippen molar-refractivity contribution < 1.29 is 18.0 Å². The summed E-state index contributed by atoms with van der Waals surface area (Å²) in [5, 5.41) is 3.25. The summed E-state index contributed by atoms with van der Waals surface area (Å²) < 4.78 is 28.2. The Kier molecular flexibility index (Phi) is 7.07. The molecule has 1 N–H and O–H groups in total. The molecule has 0 unspecified atom stereocenters. The number of aromatic nitrogens is 1. The second-order valence-corrected chi connectivity index (χ2v) is 10.9. The van der Waals surface area contributed by atoms with Crippen LogP contribution >= 0.6 is 0 Å². The van der Waals surface area contributed by atoms with Crippen LogP contribution in [0.25, 0.3) is 10.9 Å². The standard InChI is InChI=1S/C26H31N3O4S/c1-19-10-9-12-22(20(19)2)27-25(30)18-34(32,33)24-16-29(23-13-6-5-11-21(23)24)17-26(31)28-14-7-3-4-8-15-28/h5-6,9-13,16H,3-4,7-8,14-15,17-18H2,1-2H3,(H,27,30). The highest BCUT2D eigenvalue weighted by molar-refractivity contribution is 7.92. The Hall–Kier alpha value is -3.13. The Balaban J connectivity index is 1.57. The first-order valence-corrected chi connectivity index (χ1v) is 13.4. The Bertz CT molecular complexity index is 1320. The lowest BCUT2D eigenvalue weighted by Crippen LogP contribution is -2.34. The molecule has 34 heavy (non-hydrogen) atoms. The van der Waals surface area contributed by atoms with Crippen molar-refractivity contribution in [2.24, 2.45) is 0 Å². The predicted molar refractivity (Wildman–Crippen MR) is 134 cm³/mol. The molecular weight excluding hydrogens is 450 g/mol. The van der Waals surface area contributed by atoms with Crippen molar-refractivity contribution in [3.8, 4) is 0 Å². The van der Waals surface area contributed by atoms with Crippen LogP contribution in [0.3, 0.4) is 0 Å². The van der Waals surface area contributed by atoms with Crippen LogP contribution in [-0.4, -0.2) is 48.5 Å². The van der Waals surface area contributed by atoms with E-state index < -0.39 is 21.5 Å². The molecule has 0 atom stereocenters. The summed E-state index contributed by atoms with van der Waals surface area (Å²) in [5.74, 6) is -1.28. The van der Waals surface area contributed by atoms with Gasteiger partial charge in [0, 0.05) is 35.9 Å². The summed E-state index contributed by atoms with van der Waals surface area (Å²) in [5.41, 5.74) is 3.18. The number of carbonyl (C=O) groups excluding carboxylic acids is 2. The molecule has 0 radical (unpaired) electrons. The van der Waals surface area contributed by atoms with Crippen LogP contribution in [0.1, 0.15) is 36.8 Å². The van der Waals surface area contributed by atoms with Gasteiger partial charge in [0.2, 0.25) is 11.8 Å². The van der Waals surface area contributed by atoms with E-state index in [9.17, 15) is 18.0 Å². The van der Waals surface area contributed by atoms with Crippen LogP contribution in [0, 0.1) is 13.8 Å². The van der Waals surface area contributed by atoms with E-state index in [0.717, 1.165) is 49.9 Å². The number of amides is 2. The second kappa shape index (κ2) is 10.0. The number of fused-ring (bicyclic) bond motifs is 1. The number of benzene rings is 2. The molecule has 180 valence electrons. The number of sulfone groups is 1. The number of nitrogens with zero attached hydrogens (tertiary/aromatic N) is 2. The van der Waals surface area contributed by atoms with Gasteiger partial charge in [0.05, 0.1) is 4.90 Å². The van der Waals surface area contributed by atoms with E-state index in [4.69, 9.17) is 0 Å². The van der Waals surface area contributed by atoms with Gasteiger partial charge in [-0.1, -0.05) is 43.2 Å². The fraction of sp³-hybridized carbons (Fsp3) is 0.385. The Morgan fingerprint density at radius 2 is 1.65 bits per heavy atom. The molecule has 7 nitrogen and oxygen atoms in total. The van der Waals surface area contributed by atoms with Gasteiger partial charge in [0.15, 0.2) is 9.84 Å². The molecule has 0 bridgehead atoms. The maximum Gasteiger partial charge on any atom is 0.242 e. The molecule has 8 heteroatoms. The maximum atomic E-state index is 13.3. The third-order valence-corrected chi connectivity index (χ3v) is 8.19. The minimum atomic E-state index is -3.93. The van der Waals surface area contributed by atoms with Crippen molar-refractivity contribution in [3.63, 3.8) is 0 Å². The quantitative estimate of drug-likeness (QED) is 0.575. The molecule has 4 rings (SSSR count). The fourth-order valence-corrected chi connectivity index (χ4v) is 5.85. The monoisotopic (exact) mass is 481 g/mol. The summed E-state index contributed by atoms with van der Waals surface area (Å²) >= 11 is 0. The number of likely N-dealkylation sites (tertiary alicyclic amines) is 1. The van der Waals surface area contributed by atoms with Crippen molar-refractivity contribution >= 4 is 38.2 Å². The second-order valence-electron chi connectivity index (χ2n) is 8.99. The predicted octanol–water partition coefficient (Wildman–Crippen LogP) is 4.07. The average molecular weight is 482 g/mol. The Morgan fingerprint density at radius 1 is 0.941 bits per heavy atom. The smallest absolute Gasteiger partial charge is 0.242 e. The van der Waals surface area contributed by atoms with Gasteiger partial charge in [-0.05, 0) is 49.9 Å². The van der Waals surface area contributed by atoms with E-state index >= 15 is 0 Å². The molecular formula is C26H31N3O4S. The SMILES string of the molecule is Cc1cccc(NC(=O)CS(=O)(=O)c2cn(CC(=O)N3CCCCCC3)c3ccccc23)c1C. The zero-order valence-electron chi connectivity index (χ0n) is 19.7. The molecule has 0 spiro atoms. The molecule has 1 fully saturated rings. The van der Waals surface area contributed by atoms with Crippen LogP contribution in [0.4, 0.5) is 5.69 Å². The highest BCUT2D eigenvalue weighted by Crippen LogP contribution is 2.27. The molecule has 1 aliphatic heterocycles. The molecule has 2 aromatic carbocycles.